The van der Waals surface area contributed by atoms with Crippen molar-refractivity contribution in [2.45, 2.75) is 13.0 Å². The first kappa shape index (κ1) is 20.7. The molecule has 1 heterocycles. The first-order chi connectivity index (χ1) is 14.0. The van der Waals surface area contributed by atoms with Crippen LogP contribution in [0.1, 0.15) is 24.1 Å². The molecule has 7 nitrogen and oxygen atoms in total. The molecule has 0 saturated heterocycles. The summed E-state index contributed by atoms with van der Waals surface area (Å²) in [7, 11) is 3.05. The summed E-state index contributed by atoms with van der Waals surface area (Å²) in [6, 6.07) is 11.5. The Labute approximate surface area is 177 Å². The molecule has 3 rings (SSSR count). The topological polar surface area (TPSA) is 85.9 Å². The molecule has 0 spiro atoms. The van der Waals surface area contributed by atoms with Crippen LogP contribution in [0.3, 0.4) is 0 Å². The number of amides is 2. The number of carbonyl (C=O) groups excluding carboxylic acids is 2. The van der Waals surface area contributed by atoms with Crippen molar-refractivity contribution in [1.82, 2.24) is 10.6 Å². The van der Waals surface area contributed by atoms with E-state index in [1.54, 1.807) is 19.1 Å². The van der Waals surface area contributed by atoms with Crippen LogP contribution in [0.2, 0.25) is 0 Å². The van der Waals surface area contributed by atoms with E-state index in [9.17, 15) is 9.59 Å². The van der Waals surface area contributed by atoms with E-state index in [0.29, 0.717) is 38.4 Å². The number of urea groups is 1. The van der Waals surface area contributed by atoms with Crippen molar-refractivity contribution in [3.05, 3.63) is 63.6 Å². The lowest BCUT2D eigenvalue weighted by Gasteiger charge is -2.30. The first-order valence-electron chi connectivity index (χ1n) is 8.95. The number of hydrogen-bond acceptors (Lipinski definition) is 5. The van der Waals surface area contributed by atoms with Gasteiger partial charge in [-0.2, -0.15) is 0 Å². The number of rotatable bonds is 6. The van der Waals surface area contributed by atoms with E-state index in [1.165, 1.54) is 14.2 Å². The van der Waals surface area contributed by atoms with Gasteiger partial charge in [0, 0.05) is 0 Å². The number of nitrogens with one attached hydrogen (secondary N) is 2. The molecule has 8 heteroatoms. The molecule has 2 aromatic carbocycles. The Bertz CT molecular complexity index is 959. The molecule has 0 unspecified atom stereocenters. The highest BCUT2D eigenvalue weighted by Gasteiger charge is 2.35. The molecule has 1 aliphatic rings. The van der Waals surface area contributed by atoms with E-state index in [0.717, 1.165) is 0 Å². The van der Waals surface area contributed by atoms with Crippen LogP contribution in [0.25, 0.3) is 5.70 Å². The van der Waals surface area contributed by atoms with Crippen molar-refractivity contribution in [3.8, 4) is 11.5 Å². The average molecular weight is 461 g/mol. The van der Waals surface area contributed by atoms with Gasteiger partial charge in [-0.05, 0) is 46.1 Å². The lowest BCUT2D eigenvalue weighted by molar-refractivity contribution is -0.138. The minimum Gasteiger partial charge on any atom is -0.493 e. The van der Waals surface area contributed by atoms with Crippen LogP contribution in [-0.2, 0) is 9.53 Å². The van der Waals surface area contributed by atoms with Crippen LogP contribution in [0, 0.1) is 0 Å². The highest BCUT2D eigenvalue weighted by molar-refractivity contribution is 9.10. The predicted molar refractivity (Wildman–Crippen MR) is 112 cm³/mol. The van der Waals surface area contributed by atoms with Crippen LogP contribution in [-0.4, -0.2) is 32.8 Å². The molecular weight excluding hydrogens is 440 g/mol. The van der Waals surface area contributed by atoms with Gasteiger partial charge in [-0.1, -0.05) is 30.3 Å². The van der Waals surface area contributed by atoms with E-state index in [4.69, 9.17) is 14.2 Å². The quantitative estimate of drug-likeness (QED) is 0.640. The van der Waals surface area contributed by atoms with Crippen molar-refractivity contribution >= 4 is 33.6 Å². The van der Waals surface area contributed by atoms with Crippen molar-refractivity contribution in [2.24, 2.45) is 0 Å². The summed E-state index contributed by atoms with van der Waals surface area (Å²) in [6.45, 7) is 1.94. The first-order valence-corrected chi connectivity index (χ1v) is 9.75. The van der Waals surface area contributed by atoms with Crippen LogP contribution in [0.15, 0.2) is 52.5 Å². The van der Waals surface area contributed by atoms with Crippen LogP contribution in [0.5, 0.6) is 11.5 Å². The molecule has 0 saturated carbocycles. The van der Waals surface area contributed by atoms with Gasteiger partial charge in [0.05, 0.1) is 42.6 Å². The van der Waals surface area contributed by atoms with Gasteiger partial charge in [0.1, 0.15) is 0 Å². The Hall–Kier alpha value is -3.00. The van der Waals surface area contributed by atoms with Gasteiger partial charge in [-0.25, -0.2) is 9.59 Å². The standard InChI is InChI=1S/C21H21BrN2O5/c1-4-29-20(25)16-17(12-8-6-5-7-9-12)23-21(26)24-18(16)13-10-14(22)19(28-3)15(11-13)27-2/h5-11,18H,4H2,1-3H3,(H2,23,24,26)/t18-/m1/s1. The van der Waals surface area contributed by atoms with Crippen molar-refractivity contribution < 1.29 is 23.8 Å². The summed E-state index contributed by atoms with van der Waals surface area (Å²) in [4.78, 5) is 25.3. The van der Waals surface area contributed by atoms with Crippen LogP contribution in [0.4, 0.5) is 4.79 Å². The highest BCUT2D eigenvalue weighted by atomic mass is 79.9. The summed E-state index contributed by atoms with van der Waals surface area (Å²) in [6.07, 6.45) is 0. The number of hydrogen-bond donors (Lipinski definition) is 2. The summed E-state index contributed by atoms with van der Waals surface area (Å²) < 4.78 is 16.7. The molecule has 29 heavy (non-hydrogen) atoms. The van der Waals surface area contributed by atoms with Crippen molar-refractivity contribution in [1.29, 1.82) is 0 Å². The number of carbonyl (C=O) groups is 2. The lowest BCUT2D eigenvalue weighted by atomic mass is 9.92. The largest absolute Gasteiger partial charge is 0.493 e. The monoisotopic (exact) mass is 460 g/mol. The summed E-state index contributed by atoms with van der Waals surface area (Å²) >= 11 is 3.46. The Morgan fingerprint density at radius 3 is 2.48 bits per heavy atom. The van der Waals surface area contributed by atoms with E-state index in [1.807, 2.05) is 30.3 Å². The second kappa shape index (κ2) is 9.00. The average Bonchev–Trinajstić information content (AvgIpc) is 2.73. The number of benzene rings is 2. The van der Waals surface area contributed by atoms with Gasteiger partial charge < -0.3 is 24.8 Å². The SMILES string of the molecule is CCOC(=O)C1=C(c2ccccc2)NC(=O)N[C@@H]1c1cc(Br)c(OC)c(OC)c1. The van der Waals surface area contributed by atoms with Gasteiger partial charge in [-0.3, -0.25) is 0 Å². The molecule has 152 valence electrons. The molecule has 1 atom stereocenters. The third kappa shape index (κ3) is 4.22. The minimum absolute atomic E-state index is 0.209. The predicted octanol–water partition coefficient (Wildman–Crippen LogP) is 3.79. The van der Waals surface area contributed by atoms with Crippen molar-refractivity contribution in [2.75, 3.05) is 20.8 Å². The Morgan fingerprint density at radius 1 is 1.14 bits per heavy atom. The van der Waals surface area contributed by atoms with E-state index < -0.39 is 18.0 Å². The fourth-order valence-electron chi connectivity index (χ4n) is 3.18. The Kier molecular flexibility index (Phi) is 6.43. The molecule has 2 amide bonds. The number of ether oxygens (including phenoxy) is 3. The molecule has 0 radical (unpaired) electrons. The number of halogens is 1. The zero-order valence-electron chi connectivity index (χ0n) is 16.2. The molecular formula is C21H21BrN2O5. The van der Waals surface area contributed by atoms with Crippen LogP contribution >= 0.6 is 15.9 Å². The lowest BCUT2D eigenvalue weighted by Crippen LogP contribution is -2.45. The number of methoxy groups -OCH3 is 2. The molecule has 2 N–H and O–H groups in total. The van der Waals surface area contributed by atoms with Gasteiger partial charge in [0.15, 0.2) is 11.5 Å². The second-order valence-corrected chi connectivity index (χ2v) is 7.00. The molecule has 0 fully saturated rings. The molecule has 0 aromatic heterocycles. The third-order valence-corrected chi connectivity index (χ3v) is 5.01. The second-order valence-electron chi connectivity index (χ2n) is 6.14. The molecule has 2 aromatic rings. The van der Waals surface area contributed by atoms with E-state index >= 15 is 0 Å². The van der Waals surface area contributed by atoms with Crippen LogP contribution < -0.4 is 20.1 Å². The normalized spacial score (nSPS) is 16.0. The zero-order valence-corrected chi connectivity index (χ0v) is 17.8. The number of esters is 1. The molecule has 0 bridgehead atoms. The molecule has 0 aliphatic carbocycles. The summed E-state index contributed by atoms with van der Waals surface area (Å²) in [5, 5.41) is 5.56. The van der Waals surface area contributed by atoms with Gasteiger partial charge in [0.2, 0.25) is 0 Å². The van der Waals surface area contributed by atoms with Gasteiger partial charge >= 0.3 is 12.0 Å². The van der Waals surface area contributed by atoms with Gasteiger partial charge in [-0.15, -0.1) is 0 Å². The maximum absolute atomic E-state index is 12.9. The fourth-order valence-corrected chi connectivity index (χ4v) is 3.80. The third-order valence-electron chi connectivity index (χ3n) is 4.42. The highest BCUT2D eigenvalue weighted by Crippen LogP contribution is 2.40. The van der Waals surface area contributed by atoms with E-state index in [2.05, 4.69) is 26.6 Å². The van der Waals surface area contributed by atoms with Gasteiger partial charge in [0.25, 0.3) is 0 Å². The summed E-state index contributed by atoms with van der Waals surface area (Å²) in [5.74, 6) is 0.463. The zero-order chi connectivity index (χ0) is 21.0. The fraction of sp³-hybridized carbons (Fsp3) is 0.238. The minimum atomic E-state index is -0.742. The molecule has 1 aliphatic heterocycles. The Balaban J connectivity index is 2.22. The maximum Gasteiger partial charge on any atom is 0.338 e. The van der Waals surface area contributed by atoms with Crippen molar-refractivity contribution in [3.63, 3.8) is 0 Å². The Morgan fingerprint density at radius 2 is 1.86 bits per heavy atom. The van der Waals surface area contributed by atoms with E-state index in [-0.39, 0.29) is 6.61 Å². The maximum atomic E-state index is 12.9. The summed E-state index contributed by atoms with van der Waals surface area (Å²) in [5.41, 5.74) is 2.05. The smallest absolute Gasteiger partial charge is 0.338 e.